The van der Waals surface area contributed by atoms with E-state index in [9.17, 15) is 9.59 Å². The lowest BCUT2D eigenvalue weighted by Gasteiger charge is -2.22. The van der Waals surface area contributed by atoms with E-state index >= 15 is 0 Å². The second kappa shape index (κ2) is 5.99. The Morgan fingerprint density at radius 2 is 2.00 bits per heavy atom. The van der Waals surface area contributed by atoms with Gasteiger partial charge in [-0.3, -0.25) is 9.59 Å². The fourth-order valence-corrected chi connectivity index (χ4v) is 2.65. The minimum atomic E-state index is -0.205. The number of aryl methyl sites for hydroxylation is 2. The maximum absolute atomic E-state index is 12.0. The van der Waals surface area contributed by atoms with E-state index in [1.807, 2.05) is 0 Å². The highest BCUT2D eigenvalue weighted by molar-refractivity contribution is 5.79. The second-order valence-corrected chi connectivity index (χ2v) is 5.29. The summed E-state index contributed by atoms with van der Waals surface area (Å²) in [5.41, 5.74) is 0.905. The Morgan fingerprint density at radius 3 is 2.63 bits per heavy atom. The molecule has 0 bridgehead atoms. The van der Waals surface area contributed by atoms with E-state index in [-0.39, 0.29) is 23.9 Å². The third-order valence-electron chi connectivity index (χ3n) is 3.65. The molecule has 1 aliphatic carbocycles. The zero-order valence-electron chi connectivity index (χ0n) is 11.6. The Hall–Kier alpha value is -1.65. The van der Waals surface area contributed by atoms with Gasteiger partial charge in [0.25, 0.3) is 5.56 Å². The zero-order valence-corrected chi connectivity index (χ0v) is 11.6. The van der Waals surface area contributed by atoms with Crippen molar-refractivity contribution < 1.29 is 4.79 Å². The topological polar surface area (TPSA) is 74.8 Å². The van der Waals surface area contributed by atoms with Gasteiger partial charge in [-0.05, 0) is 26.7 Å². The molecule has 0 saturated heterocycles. The lowest BCUT2D eigenvalue weighted by molar-refractivity contribution is -0.121. The number of hydrogen-bond acceptors (Lipinski definition) is 3. The summed E-state index contributed by atoms with van der Waals surface area (Å²) < 4.78 is 0. The Kier molecular flexibility index (Phi) is 4.35. The molecule has 5 nitrogen and oxygen atoms in total. The summed E-state index contributed by atoms with van der Waals surface area (Å²) in [5.74, 6) is 0.505. The number of amides is 1. The van der Waals surface area contributed by atoms with Crippen molar-refractivity contribution in [1.29, 1.82) is 0 Å². The van der Waals surface area contributed by atoms with Crippen LogP contribution in [0.5, 0.6) is 0 Å². The van der Waals surface area contributed by atoms with Crippen LogP contribution in [-0.2, 0) is 11.2 Å². The molecule has 1 aromatic heterocycles. The van der Waals surface area contributed by atoms with Crippen LogP contribution in [0.2, 0.25) is 0 Å². The van der Waals surface area contributed by atoms with E-state index in [4.69, 9.17) is 0 Å². The van der Waals surface area contributed by atoms with E-state index < -0.39 is 0 Å². The summed E-state index contributed by atoms with van der Waals surface area (Å²) >= 11 is 0. The number of carbonyl (C=O) groups is 1. The number of carbonyl (C=O) groups excluding carboxylic acids is 1. The molecule has 1 saturated carbocycles. The molecule has 104 valence electrons. The first-order valence-electron chi connectivity index (χ1n) is 6.92. The Balaban J connectivity index is 2.00. The predicted octanol–water partition coefficient (Wildman–Crippen LogP) is 1.38. The molecule has 19 heavy (non-hydrogen) atoms. The van der Waals surface area contributed by atoms with Gasteiger partial charge in [-0.2, -0.15) is 0 Å². The largest absolute Gasteiger partial charge is 0.353 e. The molecule has 0 aliphatic heterocycles. The highest BCUT2D eigenvalue weighted by Gasteiger charge is 2.17. The SMILES string of the molecule is Cc1nc(C)c(CC(=O)NC2CCCCC2)c(=O)[nH]1. The first kappa shape index (κ1) is 13.8. The van der Waals surface area contributed by atoms with E-state index in [0.717, 1.165) is 12.8 Å². The average molecular weight is 263 g/mol. The van der Waals surface area contributed by atoms with Gasteiger partial charge in [-0.15, -0.1) is 0 Å². The number of nitrogens with zero attached hydrogens (tertiary/aromatic N) is 1. The van der Waals surface area contributed by atoms with Gasteiger partial charge >= 0.3 is 0 Å². The molecule has 2 rings (SSSR count). The van der Waals surface area contributed by atoms with Crippen molar-refractivity contribution in [3.63, 3.8) is 0 Å². The van der Waals surface area contributed by atoms with Crippen LogP contribution in [-0.4, -0.2) is 21.9 Å². The summed E-state index contributed by atoms with van der Waals surface area (Å²) in [6.07, 6.45) is 5.83. The normalized spacial score (nSPS) is 16.3. The van der Waals surface area contributed by atoms with Crippen LogP contribution in [0, 0.1) is 13.8 Å². The van der Waals surface area contributed by atoms with E-state index in [0.29, 0.717) is 17.1 Å². The summed E-state index contributed by atoms with van der Waals surface area (Å²) in [7, 11) is 0. The molecule has 1 amide bonds. The van der Waals surface area contributed by atoms with Gasteiger partial charge in [0.15, 0.2) is 0 Å². The molecule has 1 fully saturated rings. The fourth-order valence-electron chi connectivity index (χ4n) is 2.65. The van der Waals surface area contributed by atoms with Gasteiger partial charge in [0, 0.05) is 17.3 Å². The van der Waals surface area contributed by atoms with Gasteiger partial charge in [-0.25, -0.2) is 4.98 Å². The molecule has 0 radical (unpaired) electrons. The van der Waals surface area contributed by atoms with Crippen LogP contribution in [0.15, 0.2) is 4.79 Å². The summed E-state index contributed by atoms with van der Waals surface area (Å²) in [6, 6.07) is 0.277. The Bertz CT molecular complexity index is 516. The highest BCUT2D eigenvalue weighted by Crippen LogP contribution is 2.17. The van der Waals surface area contributed by atoms with Crippen LogP contribution >= 0.6 is 0 Å². The molecule has 0 unspecified atom stereocenters. The molecule has 2 N–H and O–H groups in total. The number of aromatic amines is 1. The van der Waals surface area contributed by atoms with Crippen LogP contribution in [0.3, 0.4) is 0 Å². The van der Waals surface area contributed by atoms with Crippen molar-refractivity contribution in [1.82, 2.24) is 15.3 Å². The molecule has 0 atom stereocenters. The molecule has 5 heteroatoms. The lowest BCUT2D eigenvalue weighted by Crippen LogP contribution is -2.38. The number of nitrogens with one attached hydrogen (secondary N) is 2. The summed E-state index contributed by atoms with van der Waals surface area (Å²) in [4.78, 5) is 30.6. The number of rotatable bonds is 3. The summed E-state index contributed by atoms with van der Waals surface area (Å²) in [5, 5.41) is 3.02. The number of hydrogen-bond donors (Lipinski definition) is 2. The van der Waals surface area contributed by atoms with Crippen molar-refractivity contribution >= 4 is 5.91 Å². The van der Waals surface area contributed by atoms with E-state index in [2.05, 4.69) is 15.3 Å². The average Bonchev–Trinajstić information content (AvgIpc) is 2.35. The molecule has 1 aliphatic rings. The van der Waals surface area contributed by atoms with Gasteiger partial charge < -0.3 is 10.3 Å². The molecular weight excluding hydrogens is 242 g/mol. The maximum atomic E-state index is 12.0. The van der Waals surface area contributed by atoms with Crippen LogP contribution in [0.4, 0.5) is 0 Å². The van der Waals surface area contributed by atoms with Crippen molar-refractivity contribution in [3.05, 3.63) is 27.4 Å². The second-order valence-electron chi connectivity index (χ2n) is 5.29. The Morgan fingerprint density at radius 1 is 1.32 bits per heavy atom. The maximum Gasteiger partial charge on any atom is 0.254 e. The zero-order chi connectivity index (χ0) is 13.8. The van der Waals surface area contributed by atoms with Crippen molar-refractivity contribution in [2.45, 2.75) is 58.4 Å². The molecule has 0 aromatic carbocycles. The highest BCUT2D eigenvalue weighted by atomic mass is 16.2. The molecular formula is C14H21N3O2. The third kappa shape index (κ3) is 3.66. The molecule has 0 spiro atoms. The molecule has 1 heterocycles. The van der Waals surface area contributed by atoms with Crippen LogP contribution in [0.25, 0.3) is 0 Å². The standard InChI is InChI=1S/C14H21N3O2/c1-9-12(14(19)16-10(2)15-9)8-13(18)17-11-6-4-3-5-7-11/h11H,3-8H2,1-2H3,(H,17,18)(H,15,16,19). The Labute approximate surface area is 112 Å². The van der Waals surface area contributed by atoms with Gasteiger partial charge in [0.05, 0.1) is 6.42 Å². The van der Waals surface area contributed by atoms with Gasteiger partial charge in [0.2, 0.25) is 5.91 Å². The summed E-state index contributed by atoms with van der Waals surface area (Å²) in [6.45, 7) is 3.51. The molecule has 1 aromatic rings. The first-order chi connectivity index (χ1) is 9.06. The minimum absolute atomic E-state index is 0.0776. The van der Waals surface area contributed by atoms with Crippen molar-refractivity contribution in [3.8, 4) is 0 Å². The number of H-pyrrole nitrogens is 1. The van der Waals surface area contributed by atoms with E-state index in [1.165, 1.54) is 19.3 Å². The minimum Gasteiger partial charge on any atom is -0.353 e. The van der Waals surface area contributed by atoms with Gasteiger partial charge in [0.1, 0.15) is 5.82 Å². The smallest absolute Gasteiger partial charge is 0.254 e. The number of aromatic nitrogens is 2. The van der Waals surface area contributed by atoms with Crippen molar-refractivity contribution in [2.75, 3.05) is 0 Å². The van der Waals surface area contributed by atoms with Crippen LogP contribution in [0.1, 0.15) is 49.2 Å². The van der Waals surface area contributed by atoms with E-state index in [1.54, 1.807) is 13.8 Å². The quantitative estimate of drug-likeness (QED) is 0.865. The third-order valence-corrected chi connectivity index (χ3v) is 3.65. The predicted molar refractivity (Wildman–Crippen MR) is 73.1 cm³/mol. The lowest BCUT2D eigenvalue weighted by atomic mass is 9.95. The van der Waals surface area contributed by atoms with Gasteiger partial charge in [-0.1, -0.05) is 19.3 Å². The fraction of sp³-hybridized carbons (Fsp3) is 0.643. The monoisotopic (exact) mass is 263 g/mol. The van der Waals surface area contributed by atoms with Crippen molar-refractivity contribution in [2.24, 2.45) is 0 Å². The first-order valence-corrected chi connectivity index (χ1v) is 6.92. The van der Waals surface area contributed by atoms with Crippen LogP contribution < -0.4 is 10.9 Å².